The van der Waals surface area contributed by atoms with Gasteiger partial charge >= 0.3 is 0 Å². The molecule has 27 heavy (non-hydrogen) atoms. The van der Waals surface area contributed by atoms with Crippen LogP contribution < -0.4 is 5.32 Å². The lowest BCUT2D eigenvalue weighted by Crippen LogP contribution is -2.27. The molecule has 0 atom stereocenters. The Bertz CT molecular complexity index is 1170. The Labute approximate surface area is 155 Å². The first-order chi connectivity index (χ1) is 12.9. The van der Waals surface area contributed by atoms with Crippen molar-refractivity contribution in [3.63, 3.8) is 0 Å². The van der Waals surface area contributed by atoms with E-state index in [0.29, 0.717) is 24.3 Å². The first kappa shape index (κ1) is 17.2. The number of benzene rings is 1. The molecule has 0 aliphatic heterocycles. The number of amides is 1. The van der Waals surface area contributed by atoms with Crippen molar-refractivity contribution in [2.24, 2.45) is 7.05 Å². The van der Waals surface area contributed by atoms with Gasteiger partial charge in [0.1, 0.15) is 5.82 Å². The summed E-state index contributed by atoms with van der Waals surface area (Å²) in [5.41, 5.74) is 3.63. The van der Waals surface area contributed by atoms with Crippen LogP contribution in [0.1, 0.15) is 21.7 Å². The molecule has 0 radical (unpaired) electrons. The first-order valence-electron chi connectivity index (χ1n) is 8.77. The highest BCUT2D eigenvalue weighted by molar-refractivity contribution is 6.06. The lowest BCUT2D eigenvalue weighted by Gasteiger charge is -2.09. The van der Waals surface area contributed by atoms with Crippen LogP contribution in [0.3, 0.4) is 0 Å². The van der Waals surface area contributed by atoms with Crippen LogP contribution in [0, 0.1) is 19.7 Å². The number of carbonyl (C=O) groups excluding carboxylic acids is 1. The van der Waals surface area contributed by atoms with Crippen molar-refractivity contribution in [3.05, 3.63) is 59.3 Å². The summed E-state index contributed by atoms with van der Waals surface area (Å²) in [5.74, 6) is -0.433. The Balaban J connectivity index is 1.55. The Morgan fingerprint density at radius 2 is 2.04 bits per heavy atom. The quantitative estimate of drug-likeness (QED) is 0.604. The van der Waals surface area contributed by atoms with Gasteiger partial charge in [0, 0.05) is 32.0 Å². The standard InChI is InChI=1S/C20H20FN5O/c1-12-10-16(18-13(2)24-25(3)19(18)23-12)20(27)22-7-9-26-8-6-14-4-5-15(21)11-17(14)26/h4-6,8,10-11H,7,9H2,1-3H3,(H,22,27). The number of aryl methyl sites for hydroxylation is 3. The molecule has 1 amide bonds. The molecule has 138 valence electrons. The molecule has 0 aliphatic rings. The highest BCUT2D eigenvalue weighted by Crippen LogP contribution is 2.21. The molecule has 0 fully saturated rings. The van der Waals surface area contributed by atoms with Crippen LogP contribution in [0.15, 0.2) is 36.5 Å². The maximum Gasteiger partial charge on any atom is 0.252 e. The van der Waals surface area contributed by atoms with Crippen molar-refractivity contribution in [3.8, 4) is 0 Å². The molecule has 4 aromatic rings. The summed E-state index contributed by atoms with van der Waals surface area (Å²) in [6.45, 7) is 4.72. The van der Waals surface area contributed by atoms with Crippen molar-refractivity contribution in [1.82, 2.24) is 24.6 Å². The monoisotopic (exact) mass is 365 g/mol. The molecule has 0 saturated carbocycles. The number of rotatable bonds is 4. The van der Waals surface area contributed by atoms with Gasteiger partial charge in [0.05, 0.1) is 22.2 Å². The van der Waals surface area contributed by atoms with E-state index in [1.54, 1.807) is 16.8 Å². The predicted octanol–water partition coefficient (Wildman–Crippen LogP) is 3.11. The number of pyridine rings is 1. The van der Waals surface area contributed by atoms with E-state index in [2.05, 4.69) is 15.4 Å². The number of hydrogen-bond donors (Lipinski definition) is 1. The lowest BCUT2D eigenvalue weighted by atomic mass is 10.1. The summed E-state index contributed by atoms with van der Waals surface area (Å²) in [7, 11) is 1.82. The Hall–Kier alpha value is -3.22. The van der Waals surface area contributed by atoms with E-state index in [0.717, 1.165) is 27.7 Å². The van der Waals surface area contributed by atoms with Gasteiger partial charge in [-0.05, 0) is 49.6 Å². The van der Waals surface area contributed by atoms with E-state index in [1.165, 1.54) is 12.1 Å². The molecular formula is C20H20FN5O. The number of hydrogen-bond acceptors (Lipinski definition) is 3. The molecule has 0 unspecified atom stereocenters. The van der Waals surface area contributed by atoms with E-state index in [1.807, 2.05) is 37.7 Å². The van der Waals surface area contributed by atoms with E-state index in [4.69, 9.17) is 0 Å². The smallest absolute Gasteiger partial charge is 0.252 e. The Morgan fingerprint density at radius 1 is 1.22 bits per heavy atom. The van der Waals surface area contributed by atoms with E-state index in [9.17, 15) is 9.18 Å². The van der Waals surface area contributed by atoms with Gasteiger partial charge in [-0.2, -0.15) is 5.10 Å². The van der Waals surface area contributed by atoms with Gasteiger partial charge in [-0.3, -0.25) is 9.48 Å². The summed E-state index contributed by atoms with van der Waals surface area (Å²) in [6, 6.07) is 8.42. The summed E-state index contributed by atoms with van der Waals surface area (Å²) in [6.07, 6.45) is 1.90. The third-order valence-electron chi connectivity index (χ3n) is 4.72. The molecule has 1 aromatic carbocycles. The van der Waals surface area contributed by atoms with Crippen LogP contribution in [0.5, 0.6) is 0 Å². The van der Waals surface area contributed by atoms with Gasteiger partial charge in [-0.15, -0.1) is 0 Å². The zero-order chi connectivity index (χ0) is 19.1. The van der Waals surface area contributed by atoms with Crippen LogP contribution in [-0.2, 0) is 13.6 Å². The zero-order valence-corrected chi connectivity index (χ0v) is 15.5. The van der Waals surface area contributed by atoms with Crippen LogP contribution in [-0.4, -0.2) is 31.8 Å². The zero-order valence-electron chi connectivity index (χ0n) is 15.5. The maximum atomic E-state index is 13.5. The third kappa shape index (κ3) is 3.05. The minimum atomic E-state index is -0.270. The highest BCUT2D eigenvalue weighted by atomic mass is 19.1. The van der Waals surface area contributed by atoms with Crippen LogP contribution >= 0.6 is 0 Å². The second-order valence-electron chi connectivity index (χ2n) is 6.69. The predicted molar refractivity (Wildman–Crippen MR) is 102 cm³/mol. The van der Waals surface area contributed by atoms with Gasteiger partial charge in [-0.25, -0.2) is 9.37 Å². The lowest BCUT2D eigenvalue weighted by molar-refractivity contribution is 0.0954. The maximum absolute atomic E-state index is 13.5. The molecule has 0 saturated heterocycles. The van der Waals surface area contributed by atoms with Gasteiger partial charge in [0.2, 0.25) is 0 Å². The summed E-state index contributed by atoms with van der Waals surface area (Å²) >= 11 is 0. The average Bonchev–Trinajstić information content (AvgIpc) is 3.15. The van der Waals surface area contributed by atoms with Crippen molar-refractivity contribution in [2.75, 3.05) is 6.54 Å². The summed E-state index contributed by atoms with van der Waals surface area (Å²) < 4.78 is 17.1. The molecule has 4 rings (SSSR count). The fourth-order valence-electron chi connectivity index (χ4n) is 3.49. The number of aromatic nitrogens is 4. The molecular weight excluding hydrogens is 345 g/mol. The molecule has 3 heterocycles. The number of nitrogens with zero attached hydrogens (tertiary/aromatic N) is 4. The number of nitrogens with one attached hydrogen (secondary N) is 1. The molecule has 0 spiro atoms. The number of fused-ring (bicyclic) bond motifs is 2. The van der Waals surface area contributed by atoms with E-state index >= 15 is 0 Å². The number of halogens is 1. The number of carbonyl (C=O) groups is 1. The fourth-order valence-corrected chi connectivity index (χ4v) is 3.49. The SMILES string of the molecule is Cc1cc(C(=O)NCCn2ccc3ccc(F)cc32)c2c(C)nn(C)c2n1. The normalized spacial score (nSPS) is 11.4. The third-order valence-corrected chi connectivity index (χ3v) is 4.72. The molecule has 1 N–H and O–H groups in total. The molecule has 7 heteroatoms. The molecule has 6 nitrogen and oxygen atoms in total. The molecule has 0 aliphatic carbocycles. The Kier molecular flexibility index (Phi) is 4.14. The Morgan fingerprint density at radius 3 is 2.85 bits per heavy atom. The van der Waals surface area contributed by atoms with Crippen LogP contribution in [0.2, 0.25) is 0 Å². The fraction of sp³-hybridized carbons (Fsp3) is 0.250. The van der Waals surface area contributed by atoms with Gasteiger partial charge in [-0.1, -0.05) is 0 Å². The van der Waals surface area contributed by atoms with Crippen molar-refractivity contribution >= 4 is 27.8 Å². The van der Waals surface area contributed by atoms with Gasteiger partial charge < -0.3 is 9.88 Å². The minimum Gasteiger partial charge on any atom is -0.350 e. The van der Waals surface area contributed by atoms with Crippen LogP contribution in [0.25, 0.3) is 21.9 Å². The van der Waals surface area contributed by atoms with E-state index < -0.39 is 0 Å². The van der Waals surface area contributed by atoms with Crippen molar-refractivity contribution in [1.29, 1.82) is 0 Å². The molecule has 0 bridgehead atoms. The minimum absolute atomic E-state index is 0.163. The topological polar surface area (TPSA) is 64.7 Å². The van der Waals surface area contributed by atoms with Gasteiger partial charge in [0.25, 0.3) is 5.91 Å². The van der Waals surface area contributed by atoms with Crippen molar-refractivity contribution < 1.29 is 9.18 Å². The van der Waals surface area contributed by atoms with Crippen molar-refractivity contribution in [2.45, 2.75) is 20.4 Å². The first-order valence-corrected chi connectivity index (χ1v) is 8.77. The molecule has 3 aromatic heterocycles. The van der Waals surface area contributed by atoms with E-state index in [-0.39, 0.29) is 11.7 Å². The highest BCUT2D eigenvalue weighted by Gasteiger charge is 2.17. The second kappa shape index (κ2) is 6.50. The van der Waals surface area contributed by atoms with Gasteiger partial charge in [0.15, 0.2) is 5.65 Å². The average molecular weight is 365 g/mol. The van der Waals surface area contributed by atoms with Crippen LogP contribution in [0.4, 0.5) is 4.39 Å². The largest absolute Gasteiger partial charge is 0.350 e. The second-order valence-corrected chi connectivity index (χ2v) is 6.69. The summed E-state index contributed by atoms with van der Waals surface area (Å²) in [4.78, 5) is 17.3. The summed E-state index contributed by atoms with van der Waals surface area (Å²) in [5, 5.41) is 9.07.